The van der Waals surface area contributed by atoms with E-state index < -0.39 is 0 Å². The fraction of sp³-hybridized carbons (Fsp3) is 0.222. The molecule has 124 valence electrons. The Hall–Kier alpha value is -2.53. The van der Waals surface area contributed by atoms with E-state index in [-0.39, 0.29) is 11.7 Å². The summed E-state index contributed by atoms with van der Waals surface area (Å²) in [6, 6.07) is 10.8. The van der Waals surface area contributed by atoms with Crippen LogP contribution in [0.1, 0.15) is 38.9 Å². The SMILES string of the molecule is Cc1noc(C)c1Cc1ccc(C(=O)NCc2ccccc2Cl)o1. The fourth-order valence-electron chi connectivity index (χ4n) is 2.43. The van der Waals surface area contributed by atoms with Gasteiger partial charge in [-0.25, -0.2) is 0 Å². The van der Waals surface area contributed by atoms with E-state index in [1.54, 1.807) is 18.2 Å². The fourth-order valence-corrected chi connectivity index (χ4v) is 2.63. The van der Waals surface area contributed by atoms with Crippen LogP contribution in [0.3, 0.4) is 0 Å². The molecule has 0 aliphatic rings. The first-order valence-corrected chi connectivity index (χ1v) is 7.94. The molecule has 1 N–H and O–H groups in total. The average Bonchev–Trinajstić information content (AvgIpc) is 3.16. The van der Waals surface area contributed by atoms with Crippen molar-refractivity contribution in [2.24, 2.45) is 0 Å². The minimum Gasteiger partial charge on any atom is -0.456 e. The molecule has 6 heteroatoms. The molecule has 0 saturated carbocycles. The van der Waals surface area contributed by atoms with Crippen molar-refractivity contribution in [2.45, 2.75) is 26.8 Å². The van der Waals surface area contributed by atoms with Gasteiger partial charge in [0.1, 0.15) is 11.5 Å². The van der Waals surface area contributed by atoms with E-state index in [4.69, 9.17) is 20.5 Å². The van der Waals surface area contributed by atoms with Crippen molar-refractivity contribution in [3.63, 3.8) is 0 Å². The highest BCUT2D eigenvalue weighted by molar-refractivity contribution is 6.31. The summed E-state index contributed by atoms with van der Waals surface area (Å²) in [7, 11) is 0. The second-order valence-electron chi connectivity index (χ2n) is 5.52. The summed E-state index contributed by atoms with van der Waals surface area (Å²) in [6.07, 6.45) is 0.541. The van der Waals surface area contributed by atoms with Crippen LogP contribution < -0.4 is 5.32 Å². The molecule has 3 aromatic rings. The number of furan rings is 1. The number of hydrogen-bond donors (Lipinski definition) is 1. The third-order valence-electron chi connectivity index (χ3n) is 3.81. The van der Waals surface area contributed by atoms with Crippen LogP contribution in [0.25, 0.3) is 0 Å². The van der Waals surface area contributed by atoms with Crippen LogP contribution in [-0.4, -0.2) is 11.1 Å². The zero-order valence-corrected chi connectivity index (χ0v) is 14.2. The van der Waals surface area contributed by atoms with E-state index in [0.29, 0.717) is 23.7 Å². The van der Waals surface area contributed by atoms with Crippen molar-refractivity contribution in [3.8, 4) is 0 Å². The Labute approximate surface area is 144 Å². The first kappa shape index (κ1) is 16.3. The van der Waals surface area contributed by atoms with E-state index >= 15 is 0 Å². The topological polar surface area (TPSA) is 68.3 Å². The lowest BCUT2D eigenvalue weighted by molar-refractivity contribution is 0.0921. The van der Waals surface area contributed by atoms with Crippen molar-refractivity contribution >= 4 is 17.5 Å². The molecule has 0 aliphatic heterocycles. The maximum absolute atomic E-state index is 12.2. The number of aromatic nitrogens is 1. The quantitative estimate of drug-likeness (QED) is 0.757. The minimum absolute atomic E-state index is 0.267. The number of benzene rings is 1. The summed E-state index contributed by atoms with van der Waals surface area (Å²) in [5.41, 5.74) is 2.66. The molecule has 2 heterocycles. The van der Waals surface area contributed by atoms with Gasteiger partial charge in [-0.15, -0.1) is 0 Å². The number of nitrogens with one attached hydrogen (secondary N) is 1. The van der Waals surface area contributed by atoms with Gasteiger partial charge in [-0.05, 0) is 37.6 Å². The third kappa shape index (κ3) is 3.51. The smallest absolute Gasteiger partial charge is 0.287 e. The molecule has 0 atom stereocenters. The normalized spacial score (nSPS) is 10.8. The highest BCUT2D eigenvalue weighted by atomic mass is 35.5. The summed E-state index contributed by atoms with van der Waals surface area (Å²) < 4.78 is 10.8. The molecule has 0 bridgehead atoms. The Balaban J connectivity index is 1.65. The maximum Gasteiger partial charge on any atom is 0.287 e. The molecule has 0 saturated heterocycles. The second-order valence-corrected chi connectivity index (χ2v) is 5.93. The van der Waals surface area contributed by atoms with Gasteiger partial charge in [-0.2, -0.15) is 0 Å². The largest absolute Gasteiger partial charge is 0.456 e. The molecule has 0 fully saturated rings. The van der Waals surface area contributed by atoms with Crippen molar-refractivity contribution < 1.29 is 13.7 Å². The first-order valence-electron chi connectivity index (χ1n) is 7.56. The number of rotatable bonds is 5. The molecule has 0 unspecified atom stereocenters. The van der Waals surface area contributed by atoms with Gasteiger partial charge in [0.2, 0.25) is 0 Å². The van der Waals surface area contributed by atoms with Crippen LogP contribution in [0.5, 0.6) is 0 Å². The minimum atomic E-state index is -0.278. The summed E-state index contributed by atoms with van der Waals surface area (Å²) >= 11 is 6.08. The highest BCUT2D eigenvalue weighted by Gasteiger charge is 2.15. The second kappa shape index (κ2) is 6.93. The first-order chi connectivity index (χ1) is 11.5. The predicted octanol–water partition coefficient (Wildman–Crippen LogP) is 4.06. The monoisotopic (exact) mass is 344 g/mol. The van der Waals surface area contributed by atoms with Gasteiger partial charge in [0, 0.05) is 23.6 Å². The van der Waals surface area contributed by atoms with Gasteiger partial charge in [-0.1, -0.05) is 35.0 Å². The standard InChI is InChI=1S/C18H17ClN2O3/c1-11-15(12(2)24-21-11)9-14-7-8-17(23-14)18(22)20-10-13-5-3-4-6-16(13)19/h3-8H,9-10H2,1-2H3,(H,20,22). The predicted molar refractivity (Wildman–Crippen MR) is 90.1 cm³/mol. The number of hydrogen-bond acceptors (Lipinski definition) is 4. The van der Waals surface area contributed by atoms with Crippen molar-refractivity contribution in [2.75, 3.05) is 0 Å². The summed E-state index contributed by atoms with van der Waals surface area (Å²) in [6.45, 7) is 4.08. The lowest BCUT2D eigenvalue weighted by Gasteiger charge is -2.05. The number of aryl methyl sites for hydroxylation is 2. The Morgan fingerprint density at radius 1 is 1.21 bits per heavy atom. The van der Waals surface area contributed by atoms with Crippen molar-refractivity contribution in [1.29, 1.82) is 0 Å². The Bertz CT molecular complexity index is 847. The molecule has 2 aromatic heterocycles. The molecule has 0 aliphatic carbocycles. The summed E-state index contributed by atoms with van der Waals surface area (Å²) in [5.74, 6) is 1.43. The van der Waals surface area contributed by atoms with Gasteiger partial charge in [0.25, 0.3) is 5.91 Å². The summed E-state index contributed by atoms with van der Waals surface area (Å²) in [5, 5.41) is 7.34. The number of carbonyl (C=O) groups excluding carboxylic acids is 1. The number of carbonyl (C=O) groups is 1. The number of amides is 1. The number of halogens is 1. The van der Waals surface area contributed by atoms with E-state index in [2.05, 4.69) is 10.5 Å². The molecular weight excluding hydrogens is 328 g/mol. The van der Waals surface area contributed by atoms with Crippen LogP contribution in [-0.2, 0) is 13.0 Å². The summed E-state index contributed by atoms with van der Waals surface area (Å²) in [4.78, 5) is 12.2. The van der Waals surface area contributed by atoms with Crippen LogP contribution >= 0.6 is 11.6 Å². The van der Waals surface area contributed by atoms with Crippen LogP contribution in [0, 0.1) is 13.8 Å². The molecule has 0 radical (unpaired) electrons. The van der Waals surface area contributed by atoms with Crippen LogP contribution in [0.2, 0.25) is 5.02 Å². The average molecular weight is 345 g/mol. The molecule has 0 spiro atoms. The molecule has 1 amide bonds. The zero-order chi connectivity index (χ0) is 17.1. The van der Waals surface area contributed by atoms with E-state index in [1.165, 1.54) is 0 Å². The van der Waals surface area contributed by atoms with Gasteiger partial charge >= 0.3 is 0 Å². The Morgan fingerprint density at radius 2 is 2.00 bits per heavy atom. The van der Waals surface area contributed by atoms with E-state index in [0.717, 1.165) is 22.6 Å². The molecule has 24 heavy (non-hydrogen) atoms. The molecule has 1 aromatic carbocycles. The molecule has 3 rings (SSSR count). The van der Waals surface area contributed by atoms with Gasteiger partial charge in [0.05, 0.1) is 5.69 Å². The van der Waals surface area contributed by atoms with Gasteiger partial charge in [-0.3, -0.25) is 4.79 Å². The van der Waals surface area contributed by atoms with Crippen LogP contribution in [0.15, 0.2) is 45.3 Å². The zero-order valence-electron chi connectivity index (χ0n) is 13.4. The third-order valence-corrected chi connectivity index (χ3v) is 4.18. The van der Waals surface area contributed by atoms with Crippen molar-refractivity contribution in [3.05, 3.63) is 75.5 Å². The molecule has 5 nitrogen and oxygen atoms in total. The number of nitrogens with zero attached hydrogens (tertiary/aromatic N) is 1. The van der Waals surface area contributed by atoms with E-state index in [1.807, 2.05) is 32.0 Å². The van der Waals surface area contributed by atoms with E-state index in [9.17, 15) is 4.79 Å². The Morgan fingerprint density at radius 3 is 2.71 bits per heavy atom. The van der Waals surface area contributed by atoms with Crippen molar-refractivity contribution in [1.82, 2.24) is 10.5 Å². The lowest BCUT2D eigenvalue weighted by Crippen LogP contribution is -2.22. The van der Waals surface area contributed by atoms with Crippen LogP contribution in [0.4, 0.5) is 0 Å². The lowest BCUT2D eigenvalue weighted by atomic mass is 10.1. The van der Waals surface area contributed by atoms with Gasteiger partial charge in [0.15, 0.2) is 5.76 Å². The van der Waals surface area contributed by atoms with Gasteiger partial charge < -0.3 is 14.3 Å². The highest BCUT2D eigenvalue weighted by Crippen LogP contribution is 2.19. The maximum atomic E-state index is 12.2. The Kier molecular flexibility index (Phi) is 4.71. The molecular formula is C18H17ClN2O3.